The summed E-state index contributed by atoms with van der Waals surface area (Å²) in [5.41, 5.74) is 5.20. The lowest BCUT2D eigenvalue weighted by Crippen LogP contribution is -2.25. The first-order chi connectivity index (χ1) is 15.9. The van der Waals surface area contributed by atoms with Crippen molar-refractivity contribution < 1.29 is 14.3 Å². The molecule has 0 unspecified atom stereocenters. The van der Waals surface area contributed by atoms with E-state index in [2.05, 4.69) is 26.0 Å². The molecular formula is C28H26ClNO3. The largest absolute Gasteiger partial charge is 0.493 e. The van der Waals surface area contributed by atoms with Crippen LogP contribution in [-0.2, 0) is 4.79 Å². The highest BCUT2D eigenvalue weighted by molar-refractivity contribution is 6.30. The van der Waals surface area contributed by atoms with Gasteiger partial charge in [0.1, 0.15) is 0 Å². The van der Waals surface area contributed by atoms with Gasteiger partial charge < -0.3 is 9.47 Å². The van der Waals surface area contributed by atoms with Gasteiger partial charge in [0.15, 0.2) is 11.5 Å². The fourth-order valence-corrected chi connectivity index (χ4v) is 3.96. The van der Waals surface area contributed by atoms with Crippen LogP contribution in [-0.4, -0.2) is 20.1 Å². The first kappa shape index (κ1) is 22.7. The molecule has 1 amide bonds. The van der Waals surface area contributed by atoms with Gasteiger partial charge in [-0.2, -0.15) is 0 Å². The van der Waals surface area contributed by atoms with E-state index in [0.717, 1.165) is 22.5 Å². The molecule has 5 heteroatoms. The minimum atomic E-state index is -0.0907. The Kier molecular flexibility index (Phi) is 6.57. The standard InChI is InChI=1S/C28H26ClNO3/c1-18(2)20-8-12-24(13-9-20)30-25(21-6-10-23(29)11-7-21)17-22(28(30)31)15-19-5-14-26(32-3)27(16-19)33-4/h5-18H,1-4H3/b22-15+. The van der Waals surface area contributed by atoms with Crippen molar-refractivity contribution >= 4 is 35.0 Å². The predicted molar refractivity (Wildman–Crippen MR) is 135 cm³/mol. The van der Waals surface area contributed by atoms with Crippen molar-refractivity contribution in [2.24, 2.45) is 0 Å². The van der Waals surface area contributed by atoms with Crippen molar-refractivity contribution in [1.82, 2.24) is 0 Å². The number of carbonyl (C=O) groups is 1. The zero-order valence-electron chi connectivity index (χ0n) is 19.1. The maximum absolute atomic E-state index is 13.6. The number of carbonyl (C=O) groups excluding carboxylic acids is 1. The van der Waals surface area contributed by atoms with Gasteiger partial charge in [0.2, 0.25) is 0 Å². The molecule has 1 heterocycles. The second-order valence-corrected chi connectivity index (χ2v) is 8.57. The maximum atomic E-state index is 13.6. The van der Waals surface area contributed by atoms with Gasteiger partial charge in [0.05, 0.1) is 19.9 Å². The summed E-state index contributed by atoms with van der Waals surface area (Å²) in [7, 11) is 3.19. The molecule has 0 atom stereocenters. The molecule has 1 aliphatic heterocycles. The number of hydrogen-bond acceptors (Lipinski definition) is 3. The van der Waals surface area contributed by atoms with Gasteiger partial charge in [0, 0.05) is 16.3 Å². The second kappa shape index (κ2) is 9.55. The summed E-state index contributed by atoms with van der Waals surface area (Å²) in [4.78, 5) is 15.3. The van der Waals surface area contributed by atoms with E-state index in [1.807, 2.05) is 66.7 Å². The van der Waals surface area contributed by atoms with Crippen LogP contribution in [0, 0.1) is 0 Å². The molecule has 0 saturated carbocycles. The lowest BCUT2D eigenvalue weighted by Gasteiger charge is -2.21. The monoisotopic (exact) mass is 459 g/mol. The fourth-order valence-electron chi connectivity index (χ4n) is 3.84. The SMILES string of the molecule is COc1ccc(/C=C2\C=C(c3ccc(Cl)cc3)N(c3ccc(C(C)C)cc3)C2=O)cc1OC. The Morgan fingerprint density at radius 2 is 1.55 bits per heavy atom. The zero-order chi connectivity index (χ0) is 23.5. The lowest BCUT2D eigenvalue weighted by molar-refractivity contribution is -0.113. The summed E-state index contributed by atoms with van der Waals surface area (Å²) in [6.45, 7) is 4.30. The van der Waals surface area contributed by atoms with Gasteiger partial charge in [-0.25, -0.2) is 0 Å². The van der Waals surface area contributed by atoms with E-state index in [1.54, 1.807) is 19.1 Å². The van der Waals surface area contributed by atoms with E-state index in [9.17, 15) is 4.79 Å². The van der Waals surface area contributed by atoms with Gasteiger partial charge in [-0.15, -0.1) is 0 Å². The van der Waals surface area contributed by atoms with Crippen LogP contribution >= 0.6 is 11.6 Å². The van der Waals surface area contributed by atoms with E-state index in [-0.39, 0.29) is 5.91 Å². The van der Waals surface area contributed by atoms with Gasteiger partial charge in [-0.05, 0) is 71.2 Å². The average Bonchev–Trinajstić information content (AvgIpc) is 3.15. The van der Waals surface area contributed by atoms with Gasteiger partial charge in [0.25, 0.3) is 5.91 Å². The van der Waals surface area contributed by atoms with Crippen molar-refractivity contribution in [1.29, 1.82) is 0 Å². The molecule has 0 N–H and O–H groups in total. The fraction of sp³-hybridized carbons (Fsp3) is 0.179. The van der Waals surface area contributed by atoms with Crippen molar-refractivity contribution in [3.05, 3.63) is 100 Å². The van der Waals surface area contributed by atoms with Crippen molar-refractivity contribution in [2.75, 3.05) is 19.1 Å². The number of hydrogen-bond donors (Lipinski definition) is 0. The molecule has 0 spiro atoms. The second-order valence-electron chi connectivity index (χ2n) is 8.14. The third-order valence-electron chi connectivity index (χ3n) is 5.67. The van der Waals surface area contributed by atoms with Crippen LogP contribution in [0.15, 0.2) is 78.4 Å². The van der Waals surface area contributed by atoms with Crippen LogP contribution in [0.25, 0.3) is 11.8 Å². The van der Waals surface area contributed by atoms with Crippen LogP contribution in [0.5, 0.6) is 11.5 Å². The zero-order valence-corrected chi connectivity index (χ0v) is 19.9. The predicted octanol–water partition coefficient (Wildman–Crippen LogP) is 6.95. The van der Waals surface area contributed by atoms with Gasteiger partial charge >= 0.3 is 0 Å². The van der Waals surface area contributed by atoms with Crippen LogP contribution in [0.1, 0.15) is 36.5 Å². The summed E-state index contributed by atoms with van der Waals surface area (Å²) in [6.07, 6.45) is 3.78. The molecule has 4 rings (SSSR count). The number of halogens is 1. The number of benzene rings is 3. The Morgan fingerprint density at radius 1 is 0.879 bits per heavy atom. The number of anilines is 1. The molecule has 0 aliphatic carbocycles. The molecule has 3 aromatic carbocycles. The first-order valence-electron chi connectivity index (χ1n) is 10.8. The maximum Gasteiger partial charge on any atom is 0.262 e. The van der Waals surface area contributed by atoms with Gasteiger partial charge in [-0.1, -0.05) is 55.8 Å². The number of rotatable bonds is 6. The molecule has 0 fully saturated rings. The van der Waals surface area contributed by atoms with E-state index in [4.69, 9.17) is 21.1 Å². The normalized spacial score (nSPS) is 14.7. The number of ether oxygens (including phenoxy) is 2. The molecular weight excluding hydrogens is 434 g/mol. The van der Waals surface area contributed by atoms with Crippen LogP contribution in [0.3, 0.4) is 0 Å². The average molecular weight is 460 g/mol. The van der Waals surface area contributed by atoms with Crippen molar-refractivity contribution in [3.63, 3.8) is 0 Å². The summed E-state index contributed by atoms with van der Waals surface area (Å²) in [6, 6.07) is 21.2. The third-order valence-corrected chi connectivity index (χ3v) is 5.92. The minimum Gasteiger partial charge on any atom is -0.493 e. The smallest absolute Gasteiger partial charge is 0.262 e. The number of methoxy groups -OCH3 is 2. The summed E-state index contributed by atoms with van der Waals surface area (Å²) < 4.78 is 10.7. The van der Waals surface area contributed by atoms with Crippen molar-refractivity contribution in [2.45, 2.75) is 19.8 Å². The molecule has 33 heavy (non-hydrogen) atoms. The van der Waals surface area contributed by atoms with Crippen LogP contribution in [0.4, 0.5) is 5.69 Å². The summed E-state index contributed by atoms with van der Waals surface area (Å²) in [5, 5.41) is 0.651. The Balaban J connectivity index is 1.78. The number of nitrogens with zero attached hydrogens (tertiary/aromatic N) is 1. The van der Waals surface area contributed by atoms with Crippen LogP contribution < -0.4 is 14.4 Å². The summed E-state index contributed by atoms with van der Waals surface area (Å²) in [5.74, 6) is 1.58. The molecule has 0 bridgehead atoms. The van der Waals surface area contributed by atoms with Crippen molar-refractivity contribution in [3.8, 4) is 11.5 Å². The van der Waals surface area contributed by atoms with E-state index in [0.29, 0.717) is 28.0 Å². The molecule has 168 valence electrons. The topological polar surface area (TPSA) is 38.8 Å². The highest BCUT2D eigenvalue weighted by Gasteiger charge is 2.30. The number of amides is 1. The summed E-state index contributed by atoms with van der Waals surface area (Å²) >= 11 is 6.10. The van der Waals surface area contributed by atoms with E-state index < -0.39 is 0 Å². The Morgan fingerprint density at radius 3 is 2.15 bits per heavy atom. The molecule has 0 aromatic heterocycles. The van der Waals surface area contributed by atoms with Crippen LogP contribution in [0.2, 0.25) is 5.02 Å². The molecule has 0 radical (unpaired) electrons. The molecule has 4 nitrogen and oxygen atoms in total. The Bertz CT molecular complexity index is 1230. The Hall–Kier alpha value is -3.50. The molecule has 1 aliphatic rings. The van der Waals surface area contributed by atoms with E-state index >= 15 is 0 Å². The Labute approximate surface area is 199 Å². The minimum absolute atomic E-state index is 0.0907. The molecule has 3 aromatic rings. The van der Waals surface area contributed by atoms with E-state index in [1.165, 1.54) is 5.56 Å². The third kappa shape index (κ3) is 4.67. The first-order valence-corrected chi connectivity index (χ1v) is 11.1. The quantitative estimate of drug-likeness (QED) is 0.374. The van der Waals surface area contributed by atoms with Gasteiger partial charge in [-0.3, -0.25) is 9.69 Å². The highest BCUT2D eigenvalue weighted by atomic mass is 35.5. The highest BCUT2D eigenvalue weighted by Crippen LogP contribution is 2.37. The lowest BCUT2D eigenvalue weighted by atomic mass is 10.0. The molecule has 0 saturated heterocycles.